The van der Waals surface area contributed by atoms with Crippen molar-refractivity contribution in [1.29, 1.82) is 0 Å². The maximum atomic E-state index is 14.1. The number of amides is 1. The van der Waals surface area contributed by atoms with Crippen LogP contribution in [-0.4, -0.2) is 11.2 Å². The topological polar surface area (TPSA) is 87.4 Å². The highest BCUT2D eigenvalue weighted by Gasteiger charge is 2.29. The van der Waals surface area contributed by atoms with Crippen LogP contribution in [0.2, 0.25) is 0 Å². The van der Waals surface area contributed by atoms with E-state index < -0.39 is 23.7 Å². The minimum Gasteiger partial charge on any atom is -0.465 e. The summed E-state index contributed by atoms with van der Waals surface area (Å²) in [5, 5.41) is 13.2. The van der Waals surface area contributed by atoms with E-state index in [1.54, 1.807) is 0 Å². The van der Waals surface area contributed by atoms with Crippen molar-refractivity contribution in [1.82, 2.24) is 0 Å². The van der Waals surface area contributed by atoms with Crippen LogP contribution < -0.4 is 16.4 Å². The number of carbonyl (C=O) groups is 1. The van der Waals surface area contributed by atoms with Crippen molar-refractivity contribution in [3.8, 4) is 0 Å². The number of rotatable bonds is 4. The number of nitrogen functional groups attached to an aromatic ring is 1. The summed E-state index contributed by atoms with van der Waals surface area (Å²) < 4.78 is 51.5. The van der Waals surface area contributed by atoms with Gasteiger partial charge in [0, 0.05) is 6.54 Å². The third-order valence-corrected chi connectivity index (χ3v) is 3.19. The first-order valence-corrected chi connectivity index (χ1v) is 6.66. The van der Waals surface area contributed by atoms with E-state index in [-0.39, 0.29) is 23.6 Å². The van der Waals surface area contributed by atoms with E-state index in [2.05, 4.69) is 5.32 Å². The summed E-state index contributed by atoms with van der Waals surface area (Å²) in [5.41, 5.74) is 4.76. The Balaban J connectivity index is 2.09. The summed E-state index contributed by atoms with van der Waals surface area (Å²) in [5.74, 6) is -0.854. The fraction of sp³-hybridized carbons (Fsp3) is 0.133. The maximum absolute atomic E-state index is 14.1. The number of halogens is 4. The van der Waals surface area contributed by atoms with E-state index in [1.165, 1.54) is 24.3 Å². The van der Waals surface area contributed by atoms with Gasteiger partial charge >= 0.3 is 12.3 Å². The Morgan fingerprint density at radius 3 is 2.21 bits per heavy atom. The van der Waals surface area contributed by atoms with Crippen LogP contribution >= 0.6 is 0 Å². The zero-order chi connectivity index (χ0) is 17.9. The molecule has 0 aromatic heterocycles. The summed E-state index contributed by atoms with van der Waals surface area (Å²) >= 11 is 0. The molecule has 0 atom stereocenters. The smallest absolute Gasteiger partial charge is 0.416 e. The van der Waals surface area contributed by atoms with E-state index in [9.17, 15) is 22.4 Å². The molecule has 0 saturated carbocycles. The first kappa shape index (κ1) is 17.4. The van der Waals surface area contributed by atoms with Gasteiger partial charge in [0.25, 0.3) is 0 Å². The van der Waals surface area contributed by atoms with Crippen LogP contribution in [0.3, 0.4) is 0 Å². The van der Waals surface area contributed by atoms with Crippen LogP contribution in [0.4, 0.5) is 39.4 Å². The number of alkyl halides is 3. The standard InChI is InChI=1S/C15H13F4N3O2/c16-12-10(5-6-11(13(12)20)22-14(23)24)21-7-8-1-3-9(4-2-8)15(17,18)19/h1-6,21-22H,7,20H2,(H,23,24). The minimum absolute atomic E-state index is 0.00309. The normalized spacial score (nSPS) is 11.2. The summed E-state index contributed by atoms with van der Waals surface area (Å²) in [6.45, 7) is 0.0696. The quantitative estimate of drug-likeness (QED) is 0.497. The molecule has 0 fully saturated rings. The Morgan fingerprint density at radius 2 is 1.67 bits per heavy atom. The van der Waals surface area contributed by atoms with E-state index >= 15 is 0 Å². The van der Waals surface area contributed by atoms with Crippen molar-refractivity contribution in [2.45, 2.75) is 12.7 Å². The van der Waals surface area contributed by atoms with Crippen LogP contribution in [0.5, 0.6) is 0 Å². The molecule has 5 nitrogen and oxygen atoms in total. The number of nitrogens with one attached hydrogen (secondary N) is 2. The van der Waals surface area contributed by atoms with Gasteiger partial charge in [-0.1, -0.05) is 12.1 Å². The molecule has 0 saturated heterocycles. The predicted octanol–water partition coefficient (Wildman–Crippen LogP) is 4.13. The molecule has 0 spiro atoms. The lowest BCUT2D eigenvalue weighted by molar-refractivity contribution is -0.137. The van der Waals surface area contributed by atoms with Crippen LogP contribution in [0.25, 0.3) is 0 Å². The largest absolute Gasteiger partial charge is 0.465 e. The molecule has 0 aliphatic carbocycles. The molecule has 24 heavy (non-hydrogen) atoms. The highest BCUT2D eigenvalue weighted by atomic mass is 19.4. The zero-order valence-corrected chi connectivity index (χ0v) is 12.1. The number of hydrogen-bond acceptors (Lipinski definition) is 3. The number of hydrogen-bond donors (Lipinski definition) is 4. The molecule has 0 aliphatic heterocycles. The van der Waals surface area contributed by atoms with Crippen molar-refractivity contribution in [3.05, 3.63) is 53.3 Å². The fourth-order valence-electron chi connectivity index (χ4n) is 1.96. The number of benzene rings is 2. The first-order valence-electron chi connectivity index (χ1n) is 6.66. The van der Waals surface area contributed by atoms with Crippen LogP contribution in [-0.2, 0) is 12.7 Å². The Morgan fingerprint density at radius 1 is 1.08 bits per heavy atom. The second-order valence-electron chi connectivity index (χ2n) is 4.87. The summed E-state index contributed by atoms with van der Waals surface area (Å²) in [6.07, 6.45) is -5.80. The molecule has 0 aliphatic rings. The van der Waals surface area contributed by atoms with Crippen molar-refractivity contribution in [3.63, 3.8) is 0 Å². The van der Waals surface area contributed by atoms with Gasteiger partial charge in [-0.2, -0.15) is 13.2 Å². The second kappa shape index (κ2) is 6.65. The maximum Gasteiger partial charge on any atom is 0.416 e. The third-order valence-electron chi connectivity index (χ3n) is 3.19. The molecule has 9 heteroatoms. The van der Waals surface area contributed by atoms with Gasteiger partial charge in [0.2, 0.25) is 0 Å². The molecule has 5 N–H and O–H groups in total. The second-order valence-corrected chi connectivity index (χ2v) is 4.87. The molecule has 2 rings (SSSR count). The van der Waals surface area contributed by atoms with Gasteiger partial charge < -0.3 is 16.2 Å². The Hall–Kier alpha value is -2.97. The van der Waals surface area contributed by atoms with Crippen LogP contribution in [0.1, 0.15) is 11.1 Å². The first-order chi connectivity index (χ1) is 11.2. The Labute approximate surface area is 134 Å². The van der Waals surface area contributed by atoms with Gasteiger partial charge in [-0.15, -0.1) is 0 Å². The van der Waals surface area contributed by atoms with Gasteiger partial charge in [0.05, 0.1) is 22.6 Å². The van der Waals surface area contributed by atoms with E-state index in [0.717, 1.165) is 12.1 Å². The van der Waals surface area contributed by atoms with E-state index in [1.807, 2.05) is 5.32 Å². The molecular weight excluding hydrogens is 330 g/mol. The summed E-state index contributed by atoms with van der Waals surface area (Å²) in [7, 11) is 0. The lowest BCUT2D eigenvalue weighted by Crippen LogP contribution is -2.11. The summed E-state index contributed by atoms with van der Waals surface area (Å²) in [6, 6.07) is 6.97. The van der Waals surface area contributed by atoms with Gasteiger partial charge in [0.15, 0.2) is 5.82 Å². The molecule has 0 bridgehead atoms. The fourth-order valence-corrected chi connectivity index (χ4v) is 1.96. The number of nitrogens with two attached hydrogens (primary N) is 1. The molecule has 0 heterocycles. The predicted molar refractivity (Wildman–Crippen MR) is 81.2 cm³/mol. The van der Waals surface area contributed by atoms with Crippen molar-refractivity contribution in [2.24, 2.45) is 0 Å². The van der Waals surface area contributed by atoms with Crippen molar-refractivity contribution in [2.75, 3.05) is 16.4 Å². The molecule has 2 aromatic rings. The summed E-state index contributed by atoms with van der Waals surface area (Å²) in [4.78, 5) is 10.5. The van der Waals surface area contributed by atoms with Gasteiger partial charge in [-0.05, 0) is 29.8 Å². The van der Waals surface area contributed by atoms with Crippen LogP contribution in [0.15, 0.2) is 36.4 Å². The SMILES string of the molecule is Nc1c(NC(=O)O)ccc(NCc2ccc(C(F)(F)F)cc2)c1F. The Kier molecular flexibility index (Phi) is 4.82. The van der Waals surface area contributed by atoms with Gasteiger partial charge in [-0.3, -0.25) is 5.32 Å². The van der Waals surface area contributed by atoms with Crippen LogP contribution in [0, 0.1) is 5.82 Å². The van der Waals surface area contributed by atoms with E-state index in [4.69, 9.17) is 10.8 Å². The average Bonchev–Trinajstić information content (AvgIpc) is 2.50. The average molecular weight is 343 g/mol. The molecule has 0 unspecified atom stereocenters. The lowest BCUT2D eigenvalue weighted by atomic mass is 10.1. The van der Waals surface area contributed by atoms with Gasteiger partial charge in [0.1, 0.15) is 0 Å². The Bertz CT molecular complexity index is 746. The highest BCUT2D eigenvalue weighted by Crippen LogP contribution is 2.30. The van der Waals surface area contributed by atoms with E-state index in [0.29, 0.717) is 5.56 Å². The third kappa shape index (κ3) is 4.06. The number of carboxylic acid groups (broad SMARTS) is 1. The number of anilines is 3. The minimum atomic E-state index is -4.42. The molecule has 1 amide bonds. The zero-order valence-electron chi connectivity index (χ0n) is 12.1. The molecule has 2 aromatic carbocycles. The van der Waals surface area contributed by atoms with Gasteiger partial charge in [-0.25, -0.2) is 9.18 Å². The van der Waals surface area contributed by atoms with Crippen molar-refractivity contribution < 1.29 is 27.5 Å². The monoisotopic (exact) mass is 343 g/mol. The molecule has 0 radical (unpaired) electrons. The lowest BCUT2D eigenvalue weighted by Gasteiger charge is -2.13. The highest BCUT2D eigenvalue weighted by molar-refractivity contribution is 5.88. The van der Waals surface area contributed by atoms with Crippen molar-refractivity contribution >= 4 is 23.2 Å². The molecular formula is C15H13F4N3O2. The molecule has 128 valence electrons.